The van der Waals surface area contributed by atoms with Crippen molar-refractivity contribution in [1.82, 2.24) is 9.66 Å². The maximum atomic E-state index is 13.2. The molecule has 0 saturated heterocycles. The van der Waals surface area contributed by atoms with E-state index in [4.69, 9.17) is 32.7 Å². The van der Waals surface area contributed by atoms with Crippen LogP contribution in [0.2, 0.25) is 10.0 Å². The number of aromatic nitrogens is 2. The van der Waals surface area contributed by atoms with Crippen molar-refractivity contribution < 1.29 is 9.47 Å². The summed E-state index contributed by atoms with van der Waals surface area (Å²) in [4.78, 5) is 17.8. The summed E-state index contributed by atoms with van der Waals surface area (Å²) >= 11 is 16.2. The van der Waals surface area contributed by atoms with Gasteiger partial charge in [-0.25, -0.2) is 4.98 Å². The first kappa shape index (κ1) is 25.2. The first-order valence-corrected chi connectivity index (χ1v) is 12.5. The molecule has 3 aromatic carbocycles. The van der Waals surface area contributed by atoms with Crippen LogP contribution in [0.4, 0.5) is 0 Å². The molecule has 0 atom stereocenters. The zero-order valence-electron chi connectivity index (χ0n) is 19.1. The van der Waals surface area contributed by atoms with Crippen LogP contribution in [0.5, 0.6) is 11.5 Å². The topological polar surface area (TPSA) is 65.7 Å². The van der Waals surface area contributed by atoms with Crippen LogP contribution in [0.25, 0.3) is 10.9 Å². The lowest BCUT2D eigenvalue weighted by Gasteiger charge is -2.14. The maximum absolute atomic E-state index is 13.2. The SMILES string of the molecule is CCCc1nc2ccc(Br)cc2c(=O)n1N=Cc1cc(Cl)c(OCc2ccccc2Cl)c(OC)c1. The predicted molar refractivity (Wildman–Crippen MR) is 144 cm³/mol. The molecule has 0 aliphatic carbocycles. The van der Waals surface area contributed by atoms with E-state index in [1.54, 1.807) is 30.5 Å². The standard InChI is InChI=1S/C26H22BrCl2N3O3/c1-3-6-24-31-22-10-9-18(27)13-19(22)26(33)32(24)30-14-16-11-21(29)25(23(12-16)34-2)35-15-17-7-4-5-8-20(17)28/h4-5,7-14H,3,6,15H2,1-2H3. The Hall–Kier alpha value is -2.87. The van der Waals surface area contributed by atoms with E-state index in [2.05, 4.69) is 26.0 Å². The number of halogens is 3. The van der Waals surface area contributed by atoms with E-state index in [-0.39, 0.29) is 12.2 Å². The van der Waals surface area contributed by atoms with E-state index < -0.39 is 0 Å². The monoisotopic (exact) mass is 573 g/mol. The van der Waals surface area contributed by atoms with E-state index in [0.29, 0.717) is 50.3 Å². The summed E-state index contributed by atoms with van der Waals surface area (Å²) in [5.41, 5.74) is 1.86. The van der Waals surface area contributed by atoms with Crippen molar-refractivity contribution in [2.45, 2.75) is 26.4 Å². The minimum absolute atomic E-state index is 0.233. The number of ether oxygens (including phenoxy) is 2. The van der Waals surface area contributed by atoms with Gasteiger partial charge in [-0.2, -0.15) is 9.78 Å². The fourth-order valence-corrected chi connectivity index (χ4v) is 4.37. The quantitative estimate of drug-likeness (QED) is 0.215. The molecule has 0 aliphatic heterocycles. The summed E-state index contributed by atoms with van der Waals surface area (Å²) in [6.07, 6.45) is 2.98. The number of fused-ring (bicyclic) bond motifs is 1. The predicted octanol–water partition coefficient (Wildman–Crippen LogP) is 6.89. The van der Waals surface area contributed by atoms with Crippen LogP contribution in [0, 0.1) is 0 Å². The molecule has 6 nitrogen and oxygen atoms in total. The van der Waals surface area contributed by atoms with Gasteiger partial charge in [0.05, 0.1) is 29.2 Å². The Morgan fingerprint density at radius 1 is 1.11 bits per heavy atom. The van der Waals surface area contributed by atoms with Crippen LogP contribution in [0.15, 0.2) is 69.0 Å². The van der Waals surface area contributed by atoms with Crippen molar-refractivity contribution in [3.63, 3.8) is 0 Å². The molecule has 0 bridgehead atoms. The normalized spacial score (nSPS) is 11.3. The number of rotatable bonds is 8. The fraction of sp³-hybridized carbons (Fsp3) is 0.192. The van der Waals surface area contributed by atoms with E-state index >= 15 is 0 Å². The molecule has 0 radical (unpaired) electrons. The molecule has 4 rings (SSSR count). The Morgan fingerprint density at radius 2 is 1.91 bits per heavy atom. The molecule has 0 aliphatic rings. The number of hydrogen-bond donors (Lipinski definition) is 0. The smallest absolute Gasteiger partial charge is 0.282 e. The Labute approximate surface area is 221 Å². The Bertz CT molecular complexity index is 1470. The van der Waals surface area contributed by atoms with Crippen LogP contribution >= 0.6 is 39.1 Å². The minimum Gasteiger partial charge on any atom is -0.493 e. The third kappa shape index (κ3) is 5.69. The Morgan fingerprint density at radius 3 is 2.66 bits per heavy atom. The lowest BCUT2D eigenvalue weighted by atomic mass is 10.2. The van der Waals surface area contributed by atoms with Crippen LogP contribution in [-0.4, -0.2) is 23.0 Å². The molecule has 1 heterocycles. The molecule has 4 aromatic rings. The molecule has 1 aromatic heterocycles. The molecular weight excluding hydrogens is 553 g/mol. The van der Waals surface area contributed by atoms with Gasteiger partial charge in [-0.15, -0.1) is 0 Å². The Kier molecular flexibility index (Phi) is 8.11. The van der Waals surface area contributed by atoms with Crippen molar-refractivity contribution >= 4 is 56.2 Å². The average Bonchev–Trinajstić information content (AvgIpc) is 2.84. The van der Waals surface area contributed by atoms with Crippen LogP contribution in [0.3, 0.4) is 0 Å². The second-order valence-corrected chi connectivity index (χ2v) is 9.45. The number of methoxy groups -OCH3 is 1. The first-order chi connectivity index (χ1) is 16.9. The second kappa shape index (κ2) is 11.2. The molecule has 0 amide bonds. The highest BCUT2D eigenvalue weighted by molar-refractivity contribution is 9.10. The highest BCUT2D eigenvalue weighted by Gasteiger charge is 2.14. The van der Waals surface area contributed by atoms with Gasteiger partial charge in [0.2, 0.25) is 0 Å². The van der Waals surface area contributed by atoms with Gasteiger partial charge in [-0.1, -0.05) is 64.3 Å². The lowest BCUT2D eigenvalue weighted by Crippen LogP contribution is -2.22. The van der Waals surface area contributed by atoms with Crippen molar-refractivity contribution in [2.75, 3.05) is 7.11 Å². The third-order valence-electron chi connectivity index (χ3n) is 5.25. The highest BCUT2D eigenvalue weighted by Crippen LogP contribution is 2.37. The molecule has 0 spiro atoms. The van der Waals surface area contributed by atoms with Crippen molar-refractivity contribution in [3.8, 4) is 11.5 Å². The maximum Gasteiger partial charge on any atom is 0.282 e. The van der Waals surface area contributed by atoms with E-state index in [0.717, 1.165) is 16.5 Å². The zero-order chi connectivity index (χ0) is 24.9. The number of benzene rings is 3. The van der Waals surface area contributed by atoms with Crippen molar-refractivity contribution in [2.24, 2.45) is 5.10 Å². The average molecular weight is 575 g/mol. The summed E-state index contributed by atoms with van der Waals surface area (Å²) in [7, 11) is 1.53. The summed E-state index contributed by atoms with van der Waals surface area (Å²) < 4.78 is 13.6. The first-order valence-electron chi connectivity index (χ1n) is 10.9. The molecule has 35 heavy (non-hydrogen) atoms. The molecule has 0 N–H and O–H groups in total. The summed E-state index contributed by atoms with van der Waals surface area (Å²) in [5, 5.41) is 5.89. The van der Waals surface area contributed by atoms with E-state index in [9.17, 15) is 4.79 Å². The fourth-order valence-electron chi connectivity index (χ4n) is 3.54. The van der Waals surface area contributed by atoms with Gasteiger partial charge in [0.25, 0.3) is 5.56 Å². The van der Waals surface area contributed by atoms with Crippen LogP contribution in [-0.2, 0) is 13.0 Å². The number of nitrogens with zero attached hydrogens (tertiary/aromatic N) is 3. The van der Waals surface area contributed by atoms with Crippen molar-refractivity contribution in [3.05, 3.63) is 96.4 Å². The van der Waals surface area contributed by atoms with Crippen molar-refractivity contribution in [1.29, 1.82) is 0 Å². The second-order valence-electron chi connectivity index (χ2n) is 7.72. The Balaban J connectivity index is 1.68. The molecule has 9 heteroatoms. The minimum atomic E-state index is -0.242. The van der Waals surface area contributed by atoms with Gasteiger partial charge in [0.15, 0.2) is 11.5 Å². The van der Waals surface area contributed by atoms with Crippen LogP contribution < -0.4 is 15.0 Å². The molecule has 0 saturated carbocycles. The van der Waals surface area contributed by atoms with Gasteiger partial charge in [-0.05, 0) is 48.4 Å². The lowest BCUT2D eigenvalue weighted by molar-refractivity contribution is 0.285. The van der Waals surface area contributed by atoms with Gasteiger partial charge < -0.3 is 9.47 Å². The molecule has 0 fully saturated rings. The van der Waals surface area contributed by atoms with Gasteiger partial charge in [-0.3, -0.25) is 4.79 Å². The van der Waals surface area contributed by atoms with E-state index in [1.807, 2.05) is 37.3 Å². The molecular formula is C26H22BrCl2N3O3. The highest BCUT2D eigenvalue weighted by atomic mass is 79.9. The summed E-state index contributed by atoms with van der Waals surface area (Å²) in [5.74, 6) is 1.42. The molecule has 180 valence electrons. The van der Waals surface area contributed by atoms with Gasteiger partial charge >= 0.3 is 0 Å². The van der Waals surface area contributed by atoms with Crippen LogP contribution in [0.1, 0.15) is 30.3 Å². The van der Waals surface area contributed by atoms with Gasteiger partial charge in [0.1, 0.15) is 12.4 Å². The van der Waals surface area contributed by atoms with E-state index in [1.165, 1.54) is 11.8 Å². The third-order valence-corrected chi connectivity index (χ3v) is 6.40. The summed E-state index contributed by atoms with van der Waals surface area (Å²) in [6.45, 7) is 2.26. The number of aryl methyl sites for hydroxylation is 1. The number of hydrogen-bond acceptors (Lipinski definition) is 5. The summed E-state index contributed by atoms with van der Waals surface area (Å²) in [6, 6.07) is 16.3. The van der Waals surface area contributed by atoms with Gasteiger partial charge in [0, 0.05) is 21.5 Å². The zero-order valence-corrected chi connectivity index (χ0v) is 22.2. The largest absolute Gasteiger partial charge is 0.493 e. The molecule has 0 unspecified atom stereocenters.